The van der Waals surface area contributed by atoms with E-state index in [1.165, 1.54) is 7.11 Å². The van der Waals surface area contributed by atoms with Crippen molar-refractivity contribution in [1.82, 2.24) is 0 Å². The van der Waals surface area contributed by atoms with E-state index < -0.39 is 61.2 Å². The highest BCUT2D eigenvalue weighted by atomic mass is 32.2. The molecule has 2 aliphatic rings. The Morgan fingerprint density at radius 3 is 1.87 bits per heavy atom. The van der Waals surface area contributed by atoms with Gasteiger partial charge in [0.25, 0.3) is 0 Å². The summed E-state index contributed by atoms with van der Waals surface area (Å²) in [5, 5.41) is 47.5. The van der Waals surface area contributed by atoms with Gasteiger partial charge in [0.05, 0.1) is 12.2 Å². The molecule has 0 aliphatic carbocycles. The largest absolute Gasteiger partial charge is 0.691 e. The van der Waals surface area contributed by atoms with Crippen molar-refractivity contribution in [1.29, 1.82) is 0 Å². The van der Waals surface area contributed by atoms with E-state index in [9.17, 15) is 20.7 Å². The summed E-state index contributed by atoms with van der Waals surface area (Å²) in [6, 6.07) is 0. The van der Waals surface area contributed by atoms with Crippen LogP contribution in [0.1, 0.15) is 20.8 Å². The van der Waals surface area contributed by atoms with Crippen LogP contribution in [0, 0.1) is 5.92 Å². The fourth-order valence-corrected chi connectivity index (χ4v) is 4.18. The molecule has 4 unspecified atom stereocenters. The van der Waals surface area contributed by atoms with Gasteiger partial charge in [-0.1, -0.05) is 6.92 Å². The number of rotatable bonds is 11. The second-order valence-corrected chi connectivity index (χ2v) is 7.56. The number of aliphatic hydroxyl groups is 2. The van der Waals surface area contributed by atoms with Gasteiger partial charge in [0.15, 0.2) is 37.2 Å². The fraction of sp³-hybridized carbons (Fsp3) is 1.00. The van der Waals surface area contributed by atoms with Crippen LogP contribution in [-0.2, 0) is 46.1 Å². The Balaban J connectivity index is 2.09. The first-order valence-corrected chi connectivity index (χ1v) is 10.1. The third-order valence-electron chi connectivity index (χ3n) is 4.83. The fourth-order valence-electron chi connectivity index (χ4n) is 3.29. The molecule has 0 spiro atoms. The molecule has 2 fully saturated rings. The molecule has 0 radical (unpaired) electrons. The standard InChI is InChI=1S/C14H26O14S2/c1-5-8(15)14(21-6(2)10(5)23-29-27-25-17)22-12-9(16)13(19-4)20-7(3)11(12)24-30-28-26-18/h5-18H,1-4H3/p-2/t5-,6?,7?,8?,9?,10+,11-,12-,13-,14+/m1/s1. The molecule has 0 bridgehead atoms. The van der Waals surface area contributed by atoms with Gasteiger partial charge in [-0.3, -0.25) is 18.4 Å². The van der Waals surface area contributed by atoms with Crippen molar-refractivity contribution in [3.05, 3.63) is 0 Å². The van der Waals surface area contributed by atoms with Crippen LogP contribution in [0.3, 0.4) is 0 Å². The smallest absolute Gasteiger partial charge is 0.194 e. The zero-order chi connectivity index (χ0) is 22.3. The second-order valence-electron chi connectivity index (χ2n) is 6.63. The molecule has 0 aromatic rings. The Bertz CT molecular complexity index is 492. The molecule has 0 aromatic heterocycles. The molecule has 30 heavy (non-hydrogen) atoms. The van der Waals surface area contributed by atoms with Crippen molar-refractivity contribution < 1.29 is 66.8 Å². The summed E-state index contributed by atoms with van der Waals surface area (Å²) in [5.41, 5.74) is 0. The molecule has 0 aromatic carbocycles. The first-order valence-electron chi connectivity index (χ1n) is 8.78. The van der Waals surface area contributed by atoms with Gasteiger partial charge in [-0.25, -0.2) is 0 Å². The lowest BCUT2D eigenvalue weighted by atomic mass is 9.91. The van der Waals surface area contributed by atoms with Crippen molar-refractivity contribution in [2.24, 2.45) is 5.92 Å². The molecule has 178 valence electrons. The van der Waals surface area contributed by atoms with Crippen LogP contribution < -0.4 is 10.5 Å². The molecule has 10 atom stereocenters. The quantitative estimate of drug-likeness (QED) is 0.146. The van der Waals surface area contributed by atoms with Crippen LogP contribution in [0.4, 0.5) is 0 Å². The van der Waals surface area contributed by atoms with Crippen molar-refractivity contribution in [2.75, 3.05) is 7.11 Å². The van der Waals surface area contributed by atoms with Crippen molar-refractivity contribution in [3.8, 4) is 0 Å². The SMILES string of the molecule is CO[C@@H]1OC(C)[C@@H](OSOO[O-])[C@H](O[C@@H]2OC(C)[C@@H](OSOO[O-])[C@H](C)C2O)C1O. The maximum Gasteiger partial charge on any atom is 0.194 e. The highest BCUT2D eigenvalue weighted by Gasteiger charge is 2.50. The lowest BCUT2D eigenvalue weighted by molar-refractivity contribution is -0.778. The minimum Gasteiger partial charge on any atom is -0.691 e. The number of hydrogen-bond donors (Lipinski definition) is 2. The summed E-state index contributed by atoms with van der Waals surface area (Å²) in [5.74, 6) is -0.528. The number of hydrogen-bond acceptors (Lipinski definition) is 16. The van der Waals surface area contributed by atoms with E-state index in [0.717, 1.165) is 0 Å². The molecule has 0 saturated carbocycles. The second kappa shape index (κ2) is 13.0. The molecule has 2 rings (SSSR count). The third kappa shape index (κ3) is 6.58. The van der Waals surface area contributed by atoms with Gasteiger partial charge in [-0.15, -0.1) is 8.67 Å². The highest BCUT2D eigenvalue weighted by Crippen LogP contribution is 2.35. The van der Waals surface area contributed by atoms with Gasteiger partial charge in [0.1, 0.15) is 30.5 Å². The molecular formula is C14H24O14S2-2. The highest BCUT2D eigenvalue weighted by molar-refractivity contribution is 7.89. The van der Waals surface area contributed by atoms with Crippen LogP contribution >= 0.6 is 24.6 Å². The summed E-state index contributed by atoms with van der Waals surface area (Å²) in [6.45, 7) is 4.96. The number of ether oxygens (including phenoxy) is 4. The average Bonchev–Trinajstić information content (AvgIpc) is 2.72. The van der Waals surface area contributed by atoms with Crippen LogP contribution in [0.15, 0.2) is 0 Å². The van der Waals surface area contributed by atoms with E-state index in [4.69, 9.17) is 27.3 Å². The summed E-state index contributed by atoms with van der Waals surface area (Å²) in [7, 11) is 1.34. The predicted molar refractivity (Wildman–Crippen MR) is 91.0 cm³/mol. The minimum absolute atomic E-state index is 0.230. The first kappa shape index (κ1) is 26.4. The zero-order valence-corrected chi connectivity index (χ0v) is 18.0. The van der Waals surface area contributed by atoms with Crippen molar-refractivity contribution in [3.63, 3.8) is 0 Å². The lowest BCUT2D eigenvalue weighted by Crippen LogP contribution is -2.62. The van der Waals surface area contributed by atoms with Crippen LogP contribution in [0.5, 0.6) is 0 Å². The topological polar surface area (TPSA) is 179 Å². The van der Waals surface area contributed by atoms with Gasteiger partial charge in [0.2, 0.25) is 0 Å². The van der Waals surface area contributed by atoms with E-state index >= 15 is 0 Å². The third-order valence-corrected chi connectivity index (χ3v) is 5.66. The number of aliphatic hydroxyl groups excluding tert-OH is 2. The molecule has 14 nitrogen and oxygen atoms in total. The van der Waals surface area contributed by atoms with Crippen molar-refractivity contribution in [2.45, 2.75) is 76.1 Å². The van der Waals surface area contributed by atoms with Gasteiger partial charge in [-0.2, -0.15) is 0 Å². The summed E-state index contributed by atoms with van der Waals surface area (Å²) in [6.07, 6.45) is -8.77. The van der Waals surface area contributed by atoms with Crippen LogP contribution in [0.25, 0.3) is 0 Å². The summed E-state index contributed by atoms with van der Waals surface area (Å²) < 4.78 is 40.9. The average molecular weight is 480 g/mol. The summed E-state index contributed by atoms with van der Waals surface area (Å²) >= 11 is 0.538. The molecular weight excluding hydrogens is 456 g/mol. The summed E-state index contributed by atoms with van der Waals surface area (Å²) in [4.78, 5) is 0. The lowest BCUT2D eigenvalue weighted by Gasteiger charge is -2.46. The molecule has 0 amide bonds. The van der Waals surface area contributed by atoms with Gasteiger partial charge >= 0.3 is 0 Å². The van der Waals surface area contributed by atoms with Crippen LogP contribution in [-0.4, -0.2) is 72.6 Å². The Labute approximate surface area is 181 Å². The van der Waals surface area contributed by atoms with E-state index in [0.29, 0.717) is 12.3 Å². The van der Waals surface area contributed by atoms with E-state index in [1.807, 2.05) is 0 Å². The molecule has 2 N–H and O–H groups in total. The number of methoxy groups -OCH3 is 1. The first-order chi connectivity index (χ1) is 14.3. The van der Waals surface area contributed by atoms with Crippen LogP contribution in [0.2, 0.25) is 0 Å². The maximum absolute atomic E-state index is 10.6. The van der Waals surface area contributed by atoms with E-state index in [-0.39, 0.29) is 12.3 Å². The van der Waals surface area contributed by atoms with Crippen molar-refractivity contribution >= 4 is 24.6 Å². The molecule has 2 saturated heterocycles. The maximum atomic E-state index is 10.6. The molecule has 2 heterocycles. The normalized spacial score (nSPS) is 42.4. The van der Waals surface area contributed by atoms with E-state index in [2.05, 4.69) is 18.7 Å². The Morgan fingerprint density at radius 1 is 0.767 bits per heavy atom. The Kier molecular flexibility index (Phi) is 11.4. The Hall–Kier alpha value is 0.140. The van der Waals surface area contributed by atoms with Gasteiger partial charge < -0.3 is 39.7 Å². The zero-order valence-electron chi connectivity index (χ0n) is 16.4. The Morgan fingerprint density at radius 2 is 1.30 bits per heavy atom. The monoisotopic (exact) mass is 480 g/mol. The van der Waals surface area contributed by atoms with E-state index in [1.54, 1.807) is 20.8 Å². The minimum atomic E-state index is -1.33. The molecule has 16 heteroatoms. The molecule has 2 aliphatic heterocycles. The predicted octanol–water partition coefficient (Wildman–Crippen LogP) is -1.79. The van der Waals surface area contributed by atoms with Gasteiger partial charge in [0, 0.05) is 13.0 Å². The van der Waals surface area contributed by atoms with Gasteiger partial charge in [-0.05, 0) is 13.8 Å².